The van der Waals surface area contributed by atoms with Crippen LogP contribution >= 0.6 is 0 Å². The molecule has 0 fully saturated rings. The molecule has 1 aromatic carbocycles. The van der Waals surface area contributed by atoms with E-state index in [2.05, 4.69) is 9.97 Å². The summed E-state index contributed by atoms with van der Waals surface area (Å²) in [7, 11) is 4.84. The van der Waals surface area contributed by atoms with Gasteiger partial charge < -0.3 is 24.2 Å². The van der Waals surface area contributed by atoms with Gasteiger partial charge in [-0.3, -0.25) is 0 Å². The van der Waals surface area contributed by atoms with E-state index in [4.69, 9.17) is 24.2 Å². The van der Waals surface area contributed by atoms with Crippen LogP contribution in [0.5, 0.6) is 17.2 Å². The van der Waals surface area contributed by atoms with Gasteiger partial charge in [-0.25, -0.2) is 9.97 Å². The molecule has 2 N–H and O–H groups in total. The van der Waals surface area contributed by atoms with Gasteiger partial charge in [0.25, 0.3) is 0 Å². The predicted octanol–water partition coefficient (Wildman–Crippen LogP) is 6.35. The van der Waals surface area contributed by atoms with Crippen LogP contribution in [0.1, 0.15) is 22.8 Å². The largest absolute Gasteiger partial charge is 0.493 e. The van der Waals surface area contributed by atoms with Crippen molar-refractivity contribution < 1.29 is 14.2 Å². The van der Waals surface area contributed by atoms with Crippen molar-refractivity contribution in [3.8, 4) is 28.4 Å². The average molecular weight is 477 g/mol. The minimum atomic E-state index is 0.525. The highest BCUT2D eigenvalue weighted by molar-refractivity contribution is 5.94. The molecule has 4 aromatic rings. The minimum absolute atomic E-state index is 0.525. The van der Waals surface area contributed by atoms with E-state index in [0.717, 1.165) is 56.0 Å². The first-order valence-electron chi connectivity index (χ1n) is 11.5. The number of fused-ring (bicyclic) bond motifs is 8. The van der Waals surface area contributed by atoms with Gasteiger partial charge in [0.2, 0.25) is 5.75 Å². The fourth-order valence-electron chi connectivity index (χ4n) is 4.59. The summed E-state index contributed by atoms with van der Waals surface area (Å²) in [5.74, 6) is 1.69. The second kappa shape index (κ2) is 8.78. The van der Waals surface area contributed by atoms with E-state index in [9.17, 15) is 0 Å². The molecule has 0 spiro atoms. The fourth-order valence-corrected chi connectivity index (χ4v) is 4.59. The van der Waals surface area contributed by atoms with Crippen LogP contribution in [0, 0.1) is 0 Å². The van der Waals surface area contributed by atoms with Gasteiger partial charge >= 0.3 is 0 Å². The Kier molecular flexibility index (Phi) is 5.30. The van der Waals surface area contributed by atoms with Gasteiger partial charge in [0.05, 0.1) is 44.1 Å². The van der Waals surface area contributed by atoms with E-state index < -0.39 is 0 Å². The van der Waals surface area contributed by atoms with E-state index in [1.807, 2.05) is 78.9 Å². The molecule has 0 aliphatic carbocycles. The fraction of sp³-hybridized carbons (Fsp3) is 0.103. The van der Waals surface area contributed by atoms with E-state index in [0.29, 0.717) is 17.2 Å². The Morgan fingerprint density at radius 2 is 1.19 bits per heavy atom. The maximum atomic E-state index is 5.84. The van der Waals surface area contributed by atoms with E-state index >= 15 is 0 Å². The van der Waals surface area contributed by atoms with Crippen molar-refractivity contribution >= 4 is 46.4 Å². The number of hydrogen-bond acceptors (Lipinski definition) is 5. The molecule has 0 saturated carbocycles. The maximum absolute atomic E-state index is 5.84. The Balaban J connectivity index is 1.72. The van der Waals surface area contributed by atoms with Crippen molar-refractivity contribution in [2.24, 2.45) is 0 Å². The SMILES string of the molecule is COc1ccc(-c2c3nc(cc4ccc(cc5nc(cc6ccc2[nH]6)C=C5)[nH]4)C=C3)c(OC)c1OC. The van der Waals surface area contributed by atoms with Crippen LogP contribution in [0.2, 0.25) is 0 Å². The summed E-state index contributed by atoms with van der Waals surface area (Å²) >= 11 is 0. The van der Waals surface area contributed by atoms with Crippen molar-refractivity contribution in [1.82, 2.24) is 19.9 Å². The molecular weight excluding hydrogens is 452 g/mol. The van der Waals surface area contributed by atoms with E-state index in [-0.39, 0.29) is 0 Å². The molecule has 0 radical (unpaired) electrons. The van der Waals surface area contributed by atoms with E-state index in [1.54, 1.807) is 21.3 Å². The first-order valence-corrected chi connectivity index (χ1v) is 11.5. The van der Waals surface area contributed by atoms with Gasteiger partial charge in [0.1, 0.15) is 0 Å². The van der Waals surface area contributed by atoms with Crippen LogP contribution in [0.25, 0.3) is 57.5 Å². The van der Waals surface area contributed by atoms with Crippen LogP contribution in [-0.2, 0) is 0 Å². The summed E-state index contributed by atoms with van der Waals surface area (Å²) < 4.78 is 17.0. The molecule has 7 heteroatoms. The molecule has 0 saturated heterocycles. The lowest BCUT2D eigenvalue weighted by atomic mass is 10.0. The van der Waals surface area contributed by atoms with Crippen LogP contribution in [-0.4, -0.2) is 41.3 Å². The lowest BCUT2D eigenvalue weighted by Crippen LogP contribution is -1.98. The second-order valence-corrected chi connectivity index (χ2v) is 8.44. The second-order valence-electron chi connectivity index (χ2n) is 8.44. The van der Waals surface area contributed by atoms with Gasteiger partial charge in [-0.2, -0.15) is 0 Å². The Morgan fingerprint density at radius 3 is 1.86 bits per heavy atom. The third-order valence-electron chi connectivity index (χ3n) is 6.19. The standard InChI is InChI=1S/C29H24N4O3/c1-34-26-13-10-23(28(35-2)29(26)36-3)27-24-11-8-21(32-24)15-19-6-4-17(30-19)14-18-5-7-20(31-18)16-22-9-12-25(27)33-22/h4-16,30,33H,1-3H3. The molecule has 2 aliphatic rings. The van der Waals surface area contributed by atoms with Crippen LogP contribution in [0.3, 0.4) is 0 Å². The summed E-state index contributed by atoms with van der Waals surface area (Å²) in [6.07, 6.45) is 8.04. The summed E-state index contributed by atoms with van der Waals surface area (Å²) in [4.78, 5) is 16.6. The molecule has 178 valence electrons. The number of hydrogen-bond donors (Lipinski definition) is 2. The Bertz CT molecular complexity index is 1710. The highest BCUT2D eigenvalue weighted by Crippen LogP contribution is 2.46. The Morgan fingerprint density at radius 1 is 0.583 bits per heavy atom. The van der Waals surface area contributed by atoms with Gasteiger partial charge in [0, 0.05) is 33.2 Å². The summed E-state index contributed by atoms with van der Waals surface area (Å²) in [6.45, 7) is 0. The molecule has 6 rings (SSSR count). The molecule has 36 heavy (non-hydrogen) atoms. The van der Waals surface area contributed by atoms with Crippen molar-refractivity contribution in [1.29, 1.82) is 0 Å². The molecule has 5 heterocycles. The molecule has 0 amide bonds. The third kappa shape index (κ3) is 3.80. The average Bonchev–Trinajstić information content (AvgIpc) is 3.69. The summed E-state index contributed by atoms with van der Waals surface area (Å²) in [6, 6.07) is 18.1. The lowest BCUT2D eigenvalue weighted by molar-refractivity contribution is 0.325. The number of rotatable bonds is 4. The monoisotopic (exact) mass is 476 g/mol. The molecule has 0 atom stereocenters. The quantitative estimate of drug-likeness (QED) is 0.310. The van der Waals surface area contributed by atoms with Gasteiger partial charge in [-0.05, 0) is 78.9 Å². The number of methoxy groups -OCH3 is 3. The lowest BCUT2D eigenvalue weighted by Gasteiger charge is -2.16. The molecule has 8 bridgehead atoms. The highest BCUT2D eigenvalue weighted by atomic mass is 16.5. The van der Waals surface area contributed by atoms with Gasteiger partial charge in [-0.15, -0.1) is 0 Å². The zero-order valence-electron chi connectivity index (χ0n) is 20.1. The van der Waals surface area contributed by atoms with E-state index in [1.165, 1.54) is 0 Å². The third-order valence-corrected chi connectivity index (χ3v) is 6.19. The van der Waals surface area contributed by atoms with Gasteiger partial charge in [-0.1, -0.05) is 0 Å². The molecule has 0 unspecified atom stereocenters. The van der Waals surface area contributed by atoms with Crippen LogP contribution in [0.4, 0.5) is 0 Å². The van der Waals surface area contributed by atoms with Crippen LogP contribution in [0.15, 0.2) is 54.6 Å². The number of nitrogens with one attached hydrogen (secondary N) is 2. The topological polar surface area (TPSA) is 85.1 Å². The predicted molar refractivity (Wildman–Crippen MR) is 144 cm³/mol. The number of H-pyrrole nitrogens is 2. The van der Waals surface area contributed by atoms with Crippen molar-refractivity contribution in [3.05, 3.63) is 77.4 Å². The zero-order chi connectivity index (χ0) is 24.6. The van der Waals surface area contributed by atoms with Crippen molar-refractivity contribution in [3.63, 3.8) is 0 Å². The number of aromatic nitrogens is 4. The molecule has 2 aliphatic heterocycles. The first-order chi connectivity index (χ1) is 17.6. The smallest absolute Gasteiger partial charge is 0.203 e. The highest BCUT2D eigenvalue weighted by Gasteiger charge is 2.21. The Hall–Kier alpha value is -4.78. The maximum Gasteiger partial charge on any atom is 0.203 e. The first kappa shape index (κ1) is 21.7. The molecule has 3 aromatic heterocycles. The molecule has 7 nitrogen and oxygen atoms in total. The summed E-state index contributed by atoms with van der Waals surface area (Å²) in [5.41, 5.74) is 8.90. The zero-order valence-corrected chi connectivity index (χ0v) is 20.1. The van der Waals surface area contributed by atoms with Crippen molar-refractivity contribution in [2.75, 3.05) is 21.3 Å². The van der Waals surface area contributed by atoms with Gasteiger partial charge in [0.15, 0.2) is 11.5 Å². The number of aromatic amines is 2. The van der Waals surface area contributed by atoms with Crippen molar-refractivity contribution in [2.45, 2.75) is 0 Å². The summed E-state index contributed by atoms with van der Waals surface area (Å²) in [5, 5.41) is 0. The number of ether oxygens (including phenoxy) is 3. The number of nitrogens with zero attached hydrogens (tertiary/aromatic N) is 2. The molecular formula is C29H24N4O3. The normalized spacial score (nSPS) is 12.1. The Labute approximate surface area is 207 Å². The van der Waals surface area contributed by atoms with Crippen LogP contribution < -0.4 is 14.2 Å². The minimum Gasteiger partial charge on any atom is -0.493 e. The number of benzene rings is 1.